The molecular weight excluding hydrogens is 292 g/mol. The van der Waals surface area contributed by atoms with E-state index in [-0.39, 0.29) is 19.0 Å². The van der Waals surface area contributed by atoms with Gasteiger partial charge in [-0.05, 0) is 24.6 Å². The molecule has 0 aliphatic carbocycles. The fourth-order valence-corrected chi connectivity index (χ4v) is 2.51. The fraction of sp³-hybridized carbons (Fsp3) is 0.211. The first-order valence-electron chi connectivity index (χ1n) is 7.41. The molecule has 0 bridgehead atoms. The first-order valence-corrected chi connectivity index (χ1v) is 7.41. The van der Waals surface area contributed by atoms with Crippen LogP contribution in [0.15, 0.2) is 53.1 Å². The summed E-state index contributed by atoms with van der Waals surface area (Å²) in [6.07, 6.45) is 1.81. The number of rotatable bonds is 5. The molecule has 4 heteroatoms. The normalized spacial score (nSPS) is 10.7. The molecule has 2 aromatic carbocycles. The lowest BCUT2D eigenvalue weighted by atomic mass is 10.1. The number of carbonyl (C=O) groups excluding carboxylic acids is 1. The standard InChI is InChI=1S/C19H18O4/c1-13-7-8-16-15(12-22-18(16)9-13)10-19(20)23-11-14-5-3-4-6-17(14)21-2/h3-9,12H,10-11H2,1-2H3. The van der Waals surface area contributed by atoms with Crippen LogP contribution < -0.4 is 4.74 Å². The Bertz CT molecular complexity index is 832. The Kier molecular flexibility index (Phi) is 4.33. The number of ether oxygens (including phenoxy) is 2. The number of carbonyl (C=O) groups is 1. The van der Waals surface area contributed by atoms with Crippen molar-refractivity contribution in [3.8, 4) is 5.75 Å². The van der Waals surface area contributed by atoms with Gasteiger partial charge in [0, 0.05) is 16.5 Å². The maximum Gasteiger partial charge on any atom is 0.310 e. The highest BCUT2D eigenvalue weighted by atomic mass is 16.5. The van der Waals surface area contributed by atoms with Crippen molar-refractivity contribution in [3.63, 3.8) is 0 Å². The molecule has 0 spiro atoms. The second kappa shape index (κ2) is 6.57. The quantitative estimate of drug-likeness (QED) is 0.667. The molecule has 3 rings (SSSR count). The molecular formula is C19H18O4. The third kappa shape index (κ3) is 3.37. The molecule has 23 heavy (non-hydrogen) atoms. The zero-order chi connectivity index (χ0) is 16.2. The van der Waals surface area contributed by atoms with E-state index in [4.69, 9.17) is 13.9 Å². The number of aryl methyl sites for hydroxylation is 1. The highest BCUT2D eigenvalue weighted by molar-refractivity contribution is 5.86. The van der Waals surface area contributed by atoms with E-state index < -0.39 is 0 Å². The van der Waals surface area contributed by atoms with E-state index in [0.717, 1.165) is 27.7 Å². The van der Waals surface area contributed by atoms with Crippen LogP contribution in [0.2, 0.25) is 0 Å². The largest absolute Gasteiger partial charge is 0.496 e. The van der Waals surface area contributed by atoms with Gasteiger partial charge in [-0.3, -0.25) is 4.79 Å². The van der Waals surface area contributed by atoms with E-state index in [1.807, 2.05) is 49.4 Å². The van der Waals surface area contributed by atoms with Gasteiger partial charge in [-0.15, -0.1) is 0 Å². The number of benzene rings is 2. The number of furan rings is 1. The van der Waals surface area contributed by atoms with Gasteiger partial charge in [-0.2, -0.15) is 0 Å². The van der Waals surface area contributed by atoms with Gasteiger partial charge < -0.3 is 13.9 Å². The lowest BCUT2D eigenvalue weighted by molar-refractivity contribution is -0.144. The summed E-state index contributed by atoms with van der Waals surface area (Å²) in [5.41, 5.74) is 3.59. The van der Waals surface area contributed by atoms with Crippen molar-refractivity contribution >= 4 is 16.9 Å². The molecule has 0 atom stereocenters. The monoisotopic (exact) mass is 310 g/mol. The van der Waals surface area contributed by atoms with Crippen LogP contribution in [-0.2, 0) is 22.6 Å². The predicted molar refractivity (Wildman–Crippen MR) is 87.4 cm³/mol. The van der Waals surface area contributed by atoms with Crippen molar-refractivity contribution < 1.29 is 18.7 Å². The lowest BCUT2D eigenvalue weighted by Crippen LogP contribution is -2.08. The molecule has 0 N–H and O–H groups in total. The average molecular weight is 310 g/mol. The Morgan fingerprint density at radius 1 is 1.13 bits per heavy atom. The molecule has 0 unspecified atom stereocenters. The summed E-state index contributed by atoms with van der Waals surface area (Å²) in [6.45, 7) is 2.20. The molecule has 0 amide bonds. The Balaban J connectivity index is 1.67. The van der Waals surface area contributed by atoms with Crippen LogP contribution in [0.25, 0.3) is 11.0 Å². The van der Waals surface area contributed by atoms with Crippen LogP contribution in [0.5, 0.6) is 5.75 Å². The van der Waals surface area contributed by atoms with Gasteiger partial charge in [-0.1, -0.05) is 30.3 Å². The first-order chi connectivity index (χ1) is 11.2. The van der Waals surface area contributed by atoms with E-state index in [0.29, 0.717) is 5.75 Å². The number of para-hydroxylation sites is 1. The predicted octanol–water partition coefficient (Wildman–Crippen LogP) is 4.04. The molecule has 0 saturated heterocycles. The van der Waals surface area contributed by atoms with Crippen LogP contribution in [0.4, 0.5) is 0 Å². The lowest BCUT2D eigenvalue weighted by Gasteiger charge is -2.08. The fourth-order valence-electron chi connectivity index (χ4n) is 2.51. The molecule has 4 nitrogen and oxygen atoms in total. The smallest absolute Gasteiger partial charge is 0.310 e. The highest BCUT2D eigenvalue weighted by Crippen LogP contribution is 2.23. The molecule has 0 aliphatic rings. The summed E-state index contributed by atoms with van der Waals surface area (Å²) in [6, 6.07) is 13.4. The number of methoxy groups -OCH3 is 1. The van der Waals surface area contributed by atoms with Gasteiger partial charge in [0.25, 0.3) is 0 Å². The zero-order valence-electron chi connectivity index (χ0n) is 13.2. The molecule has 1 aromatic heterocycles. The molecule has 1 heterocycles. The molecule has 0 radical (unpaired) electrons. The van der Waals surface area contributed by atoms with Gasteiger partial charge in [0.05, 0.1) is 19.8 Å². The van der Waals surface area contributed by atoms with Crippen molar-refractivity contribution in [1.29, 1.82) is 0 Å². The Hall–Kier alpha value is -2.75. The van der Waals surface area contributed by atoms with Crippen molar-refractivity contribution in [2.75, 3.05) is 7.11 Å². The van der Waals surface area contributed by atoms with E-state index in [2.05, 4.69) is 0 Å². The molecule has 118 valence electrons. The third-order valence-electron chi connectivity index (χ3n) is 3.73. The Morgan fingerprint density at radius 2 is 1.96 bits per heavy atom. The second-order valence-corrected chi connectivity index (χ2v) is 5.41. The minimum Gasteiger partial charge on any atom is -0.496 e. The summed E-state index contributed by atoms with van der Waals surface area (Å²) in [5.74, 6) is 0.420. The van der Waals surface area contributed by atoms with E-state index in [1.54, 1.807) is 13.4 Å². The Morgan fingerprint density at radius 3 is 2.78 bits per heavy atom. The number of hydrogen-bond acceptors (Lipinski definition) is 4. The minimum atomic E-state index is -0.292. The zero-order valence-corrected chi connectivity index (χ0v) is 13.2. The van der Waals surface area contributed by atoms with E-state index in [9.17, 15) is 4.79 Å². The topological polar surface area (TPSA) is 48.7 Å². The van der Waals surface area contributed by atoms with Gasteiger partial charge in [0.15, 0.2) is 0 Å². The number of esters is 1. The maximum absolute atomic E-state index is 12.1. The second-order valence-electron chi connectivity index (χ2n) is 5.41. The van der Waals surface area contributed by atoms with Crippen molar-refractivity contribution in [3.05, 3.63) is 65.4 Å². The van der Waals surface area contributed by atoms with Crippen LogP contribution in [0.1, 0.15) is 16.7 Å². The van der Waals surface area contributed by atoms with E-state index in [1.165, 1.54) is 0 Å². The minimum absolute atomic E-state index is 0.186. The number of hydrogen-bond donors (Lipinski definition) is 0. The SMILES string of the molecule is COc1ccccc1COC(=O)Cc1coc2cc(C)ccc12. The first kappa shape index (κ1) is 15.2. The molecule has 0 saturated carbocycles. The van der Waals surface area contributed by atoms with Gasteiger partial charge in [-0.25, -0.2) is 0 Å². The van der Waals surface area contributed by atoms with Crippen LogP contribution >= 0.6 is 0 Å². The highest BCUT2D eigenvalue weighted by Gasteiger charge is 2.12. The van der Waals surface area contributed by atoms with Crippen molar-refractivity contribution in [1.82, 2.24) is 0 Å². The van der Waals surface area contributed by atoms with E-state index >= 15 is 0 Å². The van der Waals surface area contributed by atoms with Gasteiger partial charge in [0.2, 0.25) is 0 Å². The number of fused-ring (bicyclic) bond motifs is 1. The molecule has 3 aromatic rings. The third-order valence-corrected chi connectivity index (χ3v) is 3.73. The van der Waals surface area contributed by atoms with Crippen LogP contribution in [-0.4, -0.2) is 13.1 Å². The average Bonchev–Trinajstić information content (AvgIpc) is 2.95. The van der Waals surface area contributed by atoms with Crippen molar-refractivity contribution in [2.24, 2.45) is 0 Å². The Labute approximate surface area is 134 Å². The van der Waals surface area contributed by atoms with Crippen molar-refractivity contribution in [2.45, 2.75) is 20.0 Å². The molecule has 0 aliphatic heterocycles. The molecule has 0 fully saturated rings. The summed E-state index contributed by atoms with van der Waals surface area (Å²) in [7, 11) is 1.60. The van der Waals surface area contributed by atoms with Gasteiger partial charge in [0.1, 0.15) is 17.9 Å². The summed E-state index contributed by atoms with van der Waals surface area (Å²) < 4.78 is 16.1. The summed E-state index contributed by atoms with van der Waals surface area (Å²) in [5, 5.41) is 0.949. The van der Waals surface area contributed by atoms with Gasteiger partial charge >= 0.3 is 5.97 Å². The maximum atomic E-state index is 12.1. The van der Waals surface area contributed by atoms with Crippen LogP contribution in [0, 0.1) is 6.92 Å². The summed E-state index contributed by atoms with van der Waals surface area (Å²) in [4.78, 5) is 12.1. The summed E-state index contributed by atoms with van der Waals surface area (Å²) >= 11 is 0. The van der Waals surface area contributed by atoms with Crippen LogP contribution in [0.3, 0.4) is 0 Å².